The molecule has 0 unspecified atom stereocenters. The average molecular weight is 397 g/mol. The molecule has 27 heavy (non-hydrogen) atoms. The number of aliphatic hydroxyl groups is 1. The Balaban J connectivity index is 2.08. The summed E-state index contributed by atoms with van der Waals surface area (Å²) in [5.41, 5.74) is 2.91. The maximum atomic E-state index is 12.6. The van der Waals surface area contributed by atoms with Gasteiger partial charge in [-0.15, -0.1) is 13.2 Å². The molecule has 2 aromatic carbocycles. The van der Waals surface area contributed by atoms with Crippen molar-refractivity contribution in [2.24, 2.45) is 0 Å². The van der Waals surface area contributed by atoms with Gasteiger partial charge in [0.05, 0.1) is 24.4 Å². The quantitative estimate of drug-likeness (QED) is 0.663. The molecule has 0 aliphatic heterocycles. The monoisotopic (exact) mass is 396 g/mol. The van der Waals surface area contributed by atoms with Gasteiger partial charge in [-0.3, -0.25) is 4.68 Å². The first-order valence-electron chi connectivity index (χ1n) is 8.05. The average Bonchev–Trinajstić information content (AvgIpc) is 2.91. The zero-order valence-electron chi connectivity index (χ0n) is 14.3. The van der Waals surface area contributed by atoms with Crippen molar-refractivity contribution in [1.82, 2.24) is 9.78 Å². The van der Waals surface area contributed by atoms with Gasteiger partial charge >= 0.3 is 6.36 Å². The summed E-state index contributed by atoms with van der Waals surface area (Å²) in [6.07, 6.45) is -1.64. The molecule has 0 saturated heterocycles. The number of nitrogens with zero attached hydrogens (tertiary/aromatic N) is 2. The summed E-state index contributed by atoms with van der Waals surface area (Å²) in [4.78, 5) is 0. The van der Waals surface area contributed by atoms with Gasteiger partial charge in [0.1, 0.15) is 5.75 Å². The SMILES string of the molecule is Cc1cc(Cl)ccc1Cn1nc(C=CCO)c2ccc(OC(F)(F)F)cc21. The number of aryl methyl sites for hydroxylation is 1. The molecule has 1 aromatic heterocycles. The number of hydrogen-bond acceptors (Lipinski definition) is 3. The second kappa shape index (κ2) is 7.62. The first-order valence-corrected chi connectivity index (χ1v) is 8.43. The zero-order chi connectivity index (χ0) is 19.6. The molecular weight excluding hydrogens is 381 g/mol. The number of alkyl halides is 3. The third-order valence-corrected chi connectivity index (χ3v) is 4.23. The van der Waals surface area contributed by atoms with E-state index in [-0.39, 0.29) is 12.4 Å². The predicted octanol–water partition coefficient (Wildman–Crippen LogP) is 4.95. The number of hydrogen-bond donors (Lipinski definition) is 1. The summed E-state index contributed by atoms with van der Waals surface area (Å²) >= 11 is 5.98. The lowest BCUT2D eigenvalue weighted by molar-refractivity contribution is -0.274. The largest absolute Gasteiger partial charge is 0.573 e. The van der Waals surface area contributed by atoms with Crippen molar-refractivity contribution in [2.75, 3.05) is 6.61 Å². The van der Waals surface area contributed by atoms with Gasteiger partial charge in [-0.25, -0.2) is 0 Å². The Labute approximate surface area is 158 Å². The van der Waals surface area contributed by atoms with Gasteiger partial charge in [0.25, 0.3) is 0 Å². The normalized spacial score (nSPS) is 12.2. The topological polar surface area (TPSA) is 47.3 Å². The van der Waals surface area contributed by atoms with E-state index in [0.717, 1.165) is 11.1 Å². The lowest BCUT2D eigenvalue weighted by Gasteiger charge is -2.10. The molecule has 0 saturated carbocycles. The zero-order valence-corrected chi connectivity index (χ0v) is 15.1. The van der Waals surface area contributed by atoms with Crippen LogP contribution in [0, 0.1) is 6.92 Å². The molecule has 4 nitrogen and oxygen atoms in total. The highest BCUT2D eigenvalue weighted by atomic mass is 35.5. The number of benzene rings is 2. The number of halogens is 4. The summed E-state index contributed by atoms with van der Waals surface area (Å²) in [6, 6.07) is 9.48. The first kappa shape index (κ1) is 19.3. The fourth-order valence-electron chi connectivity index (χ4n) is 2.78. The van der Waals surface area contributed by atoms with Crippen LogP contribution in [0.15, 0.2) is 42.5 Å². The highest BCUT2D eigenvalue weighted by Crippen LogP contribution is 2.29. The van der Waals surface area contributed by atoms with Crippen LogP contribution in [0.3, 0.4) is 0 Å². The van der Waals surface area contributed by atoms with Crippen molar-refractivity contribution < 1.29 is 23.0 Å². The Morgan fingerprint density at radius 1 is 1.22 bits per heavy atom. The van der Waals surface area contributed by atoms with Crippen molar-refractivity contribution in [3.63, 3.8) is 0 Å². The van der Waals surface area contributed by atoms with E-state index >= 15 is 0 Å². The van der Waals surface area contributed by atoms with Gasteiger partial charge in [-0.05, 0) is 48.4 Å². The summed E-state index contributed by atoms with van der Waals surface area (Å²) in [5.74, 6) is -0.318. The van der Waals surface area contributed by atoms with Crippen LogP contribution in [-0.2, 0) is 6.54 Å². The van der Waals surface area contributed by atoms with Crippen LogP contribution < -0.4 is 4.74 Å². The minimum atomic E-state index is -4.77. The Morgan fingerprint density at radius 3 is 2.67 bits per heavy atom. The lowest BCUT2D eigenvalue weighted by atomic mass is 10.1. The Kier molecular flexibility index (Phi) is 5.43. The van der Waals surface area contributed by atoms with Crippen molar-refractivity contribution in [1.29, 1.82) is 0 Å². The second-order valence-electron chi connectivity index (χ2n) is 5.93. The number of rotatable bonds is 5. The molecule has 8 heteroatoms. The van der Waals surface area contributed by atoms with Gasteiger partial charge in [-0.1, -0.05) is 23.7 Å². The molecular formula is C19H16ClF3N2O2. The Morgan fingerprint density at radius 2 is 2.00 bits per heavy atom. The van der Waals surface area contributed by atoms with E-state index in [1.54, 1.807) is 16.8 Å². The predicted molar refractivity (Wildman–Crippen MR) is 97.8 cm³/mol. The van der Waals surface area contributed by atoms with E-state index in [1.807, 2.05) is 19.1 Å². The molecule has 0 aliphatic rings. The maximum Gasteiger partial charge on any atom is 0.573 e. The van der Waals surface area contributed by atoms with E-state index in [9.17, 15) is 13.2 Å². The van der Waals surface area contributed by atoms with Crippen LogP contribution in [-0.4, -0.2) is 27.9 Å². The first-order chi connectivity index (χ1) is 12.8. The minimum absolute atomic E-state index is 0.167. The smallest absolute Gasteiger partial charge is 0.406 e. The van der Waals surface area contributed by atoms with Gasteiger partial charge in [0.2, 0.25) is 0 Å². The highest BCUT2D eigenvalue weighted by molar-refractivity contribution is 6.30. The Hall–Kier alpha value is -2.51. The van der Waals surface area contributed by atoms with E-state index in [0.29, 0.717) is 28.2 Å². The molecule has 1 N–H and O–H groups in total. The maximum absolute atomic E-state index is 12.6. The van der Waals surface area contributed by atoms with Crippen LogP contribution in [0.25, 0.3) is 17.0 Å². The summed E-state index contributed by atoms with van der Waals surface area (Å²) < 4.78 is 43.3. The number of aliphatic hydroxyl groups excluding tert-OH is 1. The lowest BCUT2D eigenvalue weighted by Crippen LogP contribution is -2.17. The molecule has 0 amide bonds. The fourth-order valence-corrected chi connectivity index (χ4v) is 3.01. The van der Waals surface area contributed by atoms with Gasteiger partial charge in [-0.2, -0.15) is 5.10 Å². The van der Waals surface area contributed by atoms with Crippen molar-refractivity contribution in [3.05, 3.63) is 64.3 Å². The third-order valence-electron chi connectivity index (χ3n) is 3.99. The van der Waals surface area contributed by atoms with Gasteiger partial charge in [0, 0.05) is 16.5 Å². The van der Waals surface area contributed by atoms with E-state index in [2.05, 4.69) is 9.84 Å². The minimum Gasteiger partial charge on any atom is -0.406 e. The van der Waals surface area contributed by atoms with E-state index < -0.39 is 6.36 Å². The van der Waals surface area contributed by atoms with E-state index in [1.165, 1.54) is 24.3 Å². The summed E-state index contributed by atoms with van der Waals surface area (Å²) in [5, 5.41) is 14.7. The van der Waals surface area contributed by atoms with Gasteiger partial charge in [0.15, 0.2) is 0 Å². The second-order valence-corrected chi connectivity index (χ2v) is 6.36. The summed E-state index contributed by atoms with van der Waals surface area (Å²) in [6.45, 7) is 2.08. The Bertz CT molecular complexity index is 997. The molecule has 3 rings (SSSR count). The molecule has 0 radical (unpaired) electrons. The van der Waals surface area contributed by atoms with Crippen molar-refractivity contribution in [2.45, 2.75) is 19.8 Å². The molecule has 0 bridgehead atoms. The highest BCUT2D eigenvalue weighted by Gasteiger charge is 2.31. The number of aromatic nitrogens is 2. The molecule has 3 aromatic rings. The van der Waals surface area contributed by atoms with Crippen LogP contribution in [0.4, 0.5) is 13.2 Å². The molecule has 1 heterocycles. The third kappa shape index (κ3) is 4.61. The number of ether oxygens (including phenoxy) is 1. The van der Waals surface area contributed by atoms with E-state index in [4.69, 9.17) is 16.7 Å². The molecule has 0 spiro atoms. The fraction of sp³-hybridized carbons (Fsp3) is 0.211. The number of fused-ring (bicyclic) bond motifs is 1. The van der Waals surface area contributed by atoms with Crippen LogP contribution in [0.5, 0.6) is 5.75 Å². The van der Waals surface area contributed by atoms with Crippen LogP contribution >= 0.6 is 11.6 Å². The van der Waals surface area contributed by atoms with Crippen molar-refractivity contribution in [3.8, 4) is 5.75 Å². The van der Waals surface area contributed by atoms with Crippen LogP contribution in [0.2, 0.25) is 5.02 Å². The van der Waals surface area contributed by atoms with Crippen LogP contribution in [0.1, 0.15) is 16.8 Å². The summed E-state index contributed by atoms with van der Waals surface area (Å²) in [7, 11) is 0. The van der Waals surface area contributed by atoms with Crippen molar-refractivity contribution >= 4 is 28.6 Å². The van der Waals surface area contributed by atoms with Gasteiger partial charge < -0.3 is 9.84 Å². The molecule has 0 atom stereocenters. The molecule has 0 fully saturated rings. The standard InChI is InChI=1S/C19H16ClF3N2O2/c1-12-9-14(20)5-4-13(12)11-25-18-10-15(27-19(21,22)23)6-7-16(18)17(24-25)3-2-8-26/h2-7,9-10,26H,8,11H2,1H3. The molecule has 142 valence electrons. The molecule has 0 aliphatic carbocycles.